The maximum atomic E-state index is 4.45. The number of aryl methyl sites for hydroxylation is 2. The van der Waals surface area contributed by atoms with Gasteiger partial charge in [0.1, 0.15) is 0 Å². The smallest absolute Gasteiger partial charge is 0.0928 e. The summed E-state index contributed by atoms with van der Waals surface area (Å²) in [6.45, 7) is 4.10. The molecule has 0 aromatic carbocycles. The summed E-state index contributed by atoms with van der Waals surface area (Å²) in [5.74, 6) is 0. The Morgan fingerprint density at radius 2 is 2.31 bits per heavy atom. The molecule has 0 radical (unpaired) electrons. The second-order valence-electron chi connectivity index (χ2n) is 3.79. The lowest BCUT2D eigenvalue weighted by Gasteiger charge is -2.01. The standard InChI is InChI=1S/C12H16N2S2/c1-10-8-16-12(14-10)3-2-5-13-7-11-4-6-15-9-11/h4,6,8-9,13H,2-3,5,7H2,1H3. The maximum Gasteiger partial charge on any atom is 0.0928 e. The fraction of sp³-hybridized carbons (Fsp3) is 0.417. The highest BCUT2D eigenvalue weighted by molar-refractivity contribution is 7.09. The highest BCUT2D eigenvalue weighted by Crippen LogP contribution is 2.10. The van der Waals surface area contributed by atoms with Crippen LogP contribution in [0.15, 0.2) is 22.2 Å². The van der Waals surface area contributed by atoms with Crippen LogP contribution in [0.25, 0.3) is 0 Å². The van der Waals surface area contributed by atoms with Crippen molar-refractivity contribution in [3.63, 3.8) is 0 Å². The first-order valence-corrected chi connectivity index (χ1v) is 7.29. The summed E-state index contributed by atoms with van der Waals surface area (Å²) in [5.41, 5.74) is 2.53. The van der Waals surface area contributed by atoms with E-state index in [1.54, 1.807) is 22.7 Å². The van der Waals surface area contributed by atoms with E-state index in [0.717, 1.165) is 31.6 Å². The van der Waals surface area contributed by atoms with Crippen molar-refractivity contribution in [2.45, 2.75) is 26.3 Å². The Morgan fingerprint density at radius 1 is 1.38 bits per heavy atom. The van der Waals surface area contributed by atoms with Crippen LogP contribution in [0.2, 0.25) is 0 Å². The fourth-order valence-corrected chi connectivity index (χ4v) is 2.99. The third-order valence-electron chi connectivity index (χ3n) is 2.32. The van der Waals surface area contributed by atoms with Crippen LogP contribution < -0.4 is 5.32 Å². The summed E-state index contributed by atoms with van der Waals surface area (Å²) in [6, 6.07) is 2.17. The minimum Gasteiger partial charge on any atom is -0.313 e. The summed E-state index contributed by atoms with van der Waals surface area (Å²) in [4.78, 5) is 4.45. The molecule has 0 fully saturated rings. The van der Waals surface area contributed by atoms with Crippen LogP contribution in [0, 0.1) is 6.92 Å². The van der Waals surface area contributed by atoms with Crippen LogP contribution in [0.1, 0.15) is 22.7 Å². The molecule has 0 aliphatic rings. The second kappa shape index (κ2) is 6.13. The van der Waals surface area contributed by atoms with Crippen molar-refractivity contribution in [1.82, 2.24) is 10.3 Å². The van der Waals surface area contributed by atoms with Gasteiger partial charge in [-0.3, -0.25) is 0 Å². The van der Waals surface area contributed by atoms with E-state index < -0.39 is 0 Å². The van der Waals surface area contributed by atoms with E-state index >= 15 is 0 Å². The van der Waals surface area contributed by atoms with Crippen molar-refractivity contribution in [3.8, 4) is 0 Å². The van der Waals surface area contributed by atoms with Crippen LogP contribution in [0.3, 0.4) is 0 Å². The van der Waals surface area contributed by atoms with E-state index in [1.165, 1.54) is 10.6 Å². The van der Waals surface area contributed by atoms with Gasteiger partial charge in [0, 0.05) is 24.0 Å². The lowest BCUT2D eigenvalue weighted by molar-refractivity contribution is 0.649. The van der Waals surface area contributed by atoms with Gasteiger partial charge < -0.3 is 5.32 Å². The fourth-order valence-electron chi connectivity index (χ4n) is 1.51. The van der Waals surface area contributed by atoms with E-state index in [9.17, 15) is 0 Å². The van der Waals surface area contributed by atoms with E-state index in [4.69, 9.17) is 0 Å². The van der Waals surface area contributed by atoms with Gasteiger partial charge in [-0.05, 0) is 42.3 Å². The van der Waals surface area contributed by atoms with Crippen LogP contribution in [-0.4, -0.2) is 11.5 Å². The van der Waals surface area contributed by atoms with Gasteiger partial charge in [0.05, 0.1) is 5.01 Å². The average molecular weight is 252 g/mol. The van der Waals surface area contributed by atoms with Gasteiger partial charge in [0.15, 0.2) is 0 Å². The van der Waals surface area contributed by atoms with Crippen LogP contribution in [0.5, 0.6) is 0 Å². The summed E-state index contributed by atoms with van der Waals surface area (Å²) in [7, 11) is 0. The molecule has 4 heteroatoms. The number of nitrogens with zero attached hydrogens (tertiary/aromatic N) is 1. The zero-order valence-electron chi connectivity index (χ0n) is 9.40. The van der Waals surface area contributed by atoms with Gasteiger partial charge in [-0.15, -0.1) is 11.3 Å². The zero-order valence-corrected chi connectivity index (χ0v) is 11.0. The number of aromatic nitrogens is 1. The summed E-state index contributed by atoms with van der Waals surface area (Å²) in [6.07, 6.45) is 2.26. The Hall–Kier alpha value is -0.710. The molecule has 16 heavy (non-hydrogen) atoms. The Kier molecular flexibility index (Phi) is 4.51. The van der Waals surface area contributed by atoms with Gasteiger partial charge >= 0.3 is 0 Å². The van der Waals surface area contributed by atoms with Crippen molar-refractivity contribution in [2.75, 3.05) is 6.54 Å². The van der Waals surface area contributed by atoms with Crippen molar-refractivity contribution in [2.24, 2.45) is 0 Å². The maximum absolute atomic E-state index is 4.45. The van der Waals surface area contributed by atoms with Gasteiger partial charge in [-0.1, -0.05) is 0 Å². The van der Waals surface area contributed by atoms with Crippen molar-refractivity contribution in [1.29, 1.82) is 0 Å². The lowest BCUT2D eigenvalue weighted by Crippen LogP contribution is -2.14. The molecular formula is C12H16N2S2. The molecule has 0 saturated heterocycles. The van der Waals surface area contributed by atoms with Crippen molar-refractivity contribution < 1.29 is 0 Å². The zero-order chi connectivity index (χ0) is 11.2. The molecule has 0 spiro atoms. The minimum atomic E-state index is 0.987. The molecule has 2 rings (SSSR count). The van der Waals surface area contributed by atoms with Crippen molar-refractivity contribution >= 4 is 22.7 Å². The van der Waals surface area contributed by atoms with E-state index in [1.807, 2.05) is 0 Å². The predicted octanol–water partition coefficient (Wildman–Crippen LogP) is 3.24. The molecular weight excluding hydrogens is 236 g/mol. The second-order valence-corrected chi connectivity index (χ2v) is 5.52. The molecule has 0 aliphatic heterocycles. The normalized spacial score (nSPS) is 10.8. The summed E-state index contributed by atoms with van der Waals surface area (Å²) in [5, 5.41) is 11.1. The molecule has 1 N–H and O–H groups in total. The van der Waals surface area contributed by atoms with Crippen LogP contribution in [0.4, 0.5) is 0 Å². The Labute approximate surface area is 104 Å². The van der Waals surface area contributed by atoms with E-state index in [0.29, 0.717) is 0 Å². The van der Waals surface area contributed by atoms with Gasteiger partial charge in [-0.2, -0.15) is 11.3 Å². The molecule has 0 unspecified atom stereocenters. The number of nitrogens with one attached hydrogen (secondary N) is 1. The van der Waals surface area contributed by atoms with Gasteiger partial charge in [0.2, 0.25) is 0 Å². The Balaban J connectivity index is 1.59. The average Bonchev–Trinajstić information content (AvgIpc) is 2.89. The molecule has 2 heterocycles. The summed E-state index contributed by atoms with van der Waals surface area (Å²) < 4.78 is 0. The highest BCUT2D eigenvalue weighted by atomic mass is 32.1. The lowest BCUT2D eigenvalue weighted by atomic mass is 10.3. The molecule has 0 atom stereocenters. The molecule has 0 amide bonds. The number of rotatable bonds is 6. The van der Waals surface area contributed by atoms with E-state index in [2.05, 4.69) is 39.4 Å². The predicted molar refractivity (Wildman–Crippen MR) is 71.2 cm³/mol. The Bertz CT molecular complexity index is 406. The molecule has 2 aromatic rings. The quantitative estimate of drug-likeness (QED) is 0.798. The SMILES string of the molecule is Cc1csc(CCCNCc2ccsc2)n1. The largest absolute Gasteiger partial charge is 0.313 e. The first-order chi connectivity index (χ1) is 7.84. The molecule has 2 nitrogen and oxygen atoms in total. The number of hydrogen-bond acceptors (Lipinski definition) is 4. The molecule has 0 aliphatic carbocycles. The van der Waals surface area contributed by atoms with Crippen LogP contribution >= 0.6 is 22.7 Å². The Morgan fingerprint density at radius 3 is 3.00 bits per heavy atom. The number of thiophene rings is 1. The van der Waals surface area contributed by atoms with Crippen molar-refractivity contribution in [3.05, 3.63) is 38.5 Å². The molecule has 0 saturated carbocycles. The molecule has 2 aromatic heterocycles. The third kappa shape index (κ3) is 3.70. The number of thiazole rings is 1. The third-order valence-corrected chi connectivity index (χ3v) is 4.08. The minimum absolute atomic E-state index is 0.987. The number of hydrogen-bond donors (Lipinski definition) is 1. The monoisotopic (exact) mass is 252 g/mol. The first kappa shape index (κ1) is 11.8. The van der Waals surface area contributed by atoms with E-state index in [-0.39, 0.29) is 0 Å². The van der Waals surface area contributed by atoms with Gasteiger partial charge in [0.25, 0.3) is 0 Å². The molecule has 0 bridgehead atoms. The van der Waals surface area contributed by atoms with Crippen LogP contribution in [-0.2, 0) is 13.0 Å². The molecule has 86 valence electrons. The highest BCUT2D eigenvalue weighted by Gasteiger charge is 1.98. The van der Waals surface area contributed by atoms with Gasteiger partial charge in [-0.25, -0.2) is 4.98 Å². The first-order valence-electron chi connectivity index (χ1n) is 5.47. The summed E-state index contributed by atoms with van der Waals surface area (Å²) >= 11 is 3.52. The topological polar surface area (TPSA) is 24.9 Å².